The predicted octanol–water partition coefficient (Wildman–Crippen LogP) is 3.01. The van der Waals surface area contributed by atoms with Crippen molar-refractivity contribution in [1.29, 1.82) is 0 Å². The van der Waals surface area contributed by atoms with Crippen LogP contribution in [0.25, 0.3) is 0 Å². The summed E-state index contributed by atoms with van der Waals surface area (Å²) in [6.07, 6.45) is -2.76. The highest BCUT2D eigenvalue weighted by Crippen LogP contribution is 2.30. The standard InChI is InChI=1S/C8H5ClF2INO2/c1-15-4-2-3(6(9)14)8(12)13-5(4)7(10)11/h2,7H,1H3. The van der Waals surface area contributed by atoms with Crippen LogP contribution in [-0.4, -0.2) is 17.3 Å². The molecule has 0 atom stereocenters. The van der Waals surface area contributed by atoms with E-state index in [2.05, 4.69) is 4.98 Å². The molecule has 0 N–H and O–H groups in total. The highest BCUT2D eigenvalue weighted by Gasteiger charge is 2.20. The third-order valence-electron chi connectivity index (χ3n) is 1.61. The van der Waals surface area contributed by atoms with Gasteiger partial charge in [0.05, 0.1) is 12.7 Å². The molecule has 1 rings (SSSR count). The number of hydrogen-bond acceptors (Lipinski definition) is 3. The van der Waals surface area contributed by atoms with Crippen LogP contribution < -0.4 is 4.74 Å². The molecule has 1 aromatic heterocycles. The van der Waals surface area contributed by atoms with Crippen molar-refractivity contribution < 1.29 is 18.3 Å². The molecule has 0 spiro atoms. The van der Waals surface area contributed by atoms with Gasteiger partial charge in [-0.3, -0.25) is 4.79 Å². The van der Waals surface area contributed by atoms with Crippen molar-refractivity contribution >= 4 is 39.4 Å². The molecule has 0 aliphatic rings. The second kappa shape index (κ2) is 5.02. The van der Waals surface area contributed by atoms with Crippen LogP contribution in [0.5, 0.6) is 5.75 Å². The van der Waals surface area contributed by atoms with Crippen molar-refractivity contribution in [2.24, 2.45) is 0 Å². The van der Waals surface area contributed by atoms with Gasteiger partial charge in [-0.25, -0.2) is 13.8 Å². The van der Waals surface area contributed by atoms with Crippen LogP contribution in [0.2, 0.25) is 0 Å². The quantitative estimate of drug-likeness (QED) is 0.479. The second-order valence-corrected chi connectivity index (χ2v) is 3.85. The van der Waals surface area contributed by atoms with Crippen LogP contribution in [0.3, 0.4) is 0 Å². The Morgan fingerprint density at radius 2 is 2.27 bits per heavy atom. The first-order valence-electron chi connectivity index (χ1n) is 3.69. The minimum atomic E-state index is -2.76. The van der Waals surface area contributed by atoms with E-state index in [0.717, 1.165) is 6.07 Å². The van der Waals surface area contributed by atoms with Gasteiger partial charge < -0.3 is 4.74 Å². The number of aromatic nitrogens is 1. The first-order valence-corrected chi connectivity index (χ1v) is 5.15. The molecule has 0 saturated heterocycles. The monoisotopic (exact) mass is 347 g/mol. The second-order valence-electron chi connectivity index (χ2n) is 2.49. The number of pyridine rings is 1. The molecule has 0 saturated carbocycles. The lowest BCUT2D eigenvalue weighted by molar-refractivity contribution is 0.107. The topological polar surface area (TPSA) is 39.2 Å². The third kappa shape index (κ3) is 2.75. The lowest BCUT2D eigenvalue weighted by Gasteiger charge is -2.08. The van der Waals surface area contributed by atoms with Gasteiger partial charge in [0.1, 0.15) is 15.1 Å². The minimum Gasteiger partial charge on any atom is -0.495 e. The van der Waals surface area contributed by atoms with E-state index >= 15 is 0 Å². The summed E-state index contributed by atoms with van der Waals surface area (Å²) in [5.41, 5.74) is -0.443. The fourth-order valence-corrected chi connectivity index (χ4v) is 1.91. The van der Waals surface area contributed by atoms with Gasteiger partial charge in [0, 0.05) is 0 Å². The van der Waals surface area contributed by atoms with Gasteiger partial charge >= 0.3 is 0 Å². The van der Waals surface area contributed by atoms with Crippen LogP contribution in [0, 0.1) is 3.70 Å². The molecule has 0 unspecified atom stereocenters. The van der Waals surface area contributed by atoms with Crippen molar-refractivity contribution in [3.8, 4) is 5.75 Å². The maximum absolute atomic E-state index is 12.5. The average Bonchev–Trinajstić information content (AvgIpc) is 2.16. The average molecular weight is 347 g/mol. The van der Waals surface area contributed by atoms with Gasteiger partial charge in [-0.15, -0.1) is 0 Å². The van der Waals surface area contributed by atoms with E-state index in [1.807, 2.05) is 0 Å². The van der Waals surface area contributed by atoms with Crippen molar-refractivity contribution in [3.05, 3.63) is 21.0 Å². The zero-order chi connectivity index (χ0) is 11.6. The zero-order valence-electron chi connectivity index (χ0n) is 7.43. The van der Waals surface area contributed by atoms with E-state index in [-0.39, 0.29) is 15.0 Å². The molecule has 1 heterocycles. The Balaban J connectivity index is 3.35. The number of hydrogen-bond donors (Lipinski definition) is 0. The van der Waals surface area contributed by atoms with Crippen molar-refractivity contribution in [2.45, 2.75) is 6.43 Å². The van der Waals surface area contributed by atoms with Crippen LogP contribution >= 0.6 is 34.2 Å². The Hall–Kier alpha value is -0.500. The number of carbonyl (C=O) groups excluding carboxylic acids is 1. The number of ether oxygens (including phenoxy) is 1. The van der Waals surface area contributed by atoms with Crippen LogP contribution in [-0.2, 0) is 0 Å². The molecule has 0 amide bonds. The summed E-state index contributed by atoms with van der Waals surface area (Å²) >= 11 is 6.90. The summed E-state index contributed by atoms with van der Waals surface area (Å²) in [6.45, 7) is 0. The molecule has 3 nitrogen and oxygen atoms in total. The van der Waals surface area contributed by atoms with E-state index in [1.54, 1.807) is 22.6 Å². The Morgan fingerprint density at radius 1 is 1.67 bits per heavy atom. The largest absolute Gasteiger partial charge is 0.495 e. The zero-order valence-corrected chi connectivity index (χ0v) is 10.3. The molecular formula is C8H5ClF2INO2. The molecule has 0 aliphatic carbocycles. The fraction of sp³-hybridized carbons (Fsp3) is 0.250. The summed E-state index contributed by atoms with van der Waals surface area (Å²) in [5, 5.41) is -0.758. The van der Waals surface area contributed by atoms with E-state index in [9.17, 15) is 13.6 Å². The molecule has 1 aromatic rings. The summed E-state index contributed by atoms with van der Waals surface area (Å²) in [6, 6.07) is 1.16. The highest BCUT2D eigenvalue weighted by atomic mass is 127. The van der Waals surface area contributed by atoms with E-state index in [0.29, 0.717) is 0 Å². The highest BCUT2D eigenvalue weighted by molar-refractivity contribution is 14.1. The number of methoxy groups -OCH3 is 1. The van der Waals surface area contributed by atoms with Crippen molar-refractivity contribution in [2.75, 3.05) is 7.11 Å². The smallest absolute Gasteiger partial charge is 0.284 e. The number of carbonyl (C=O) groups is 1. The number of halogens is 4. The normalized spacial score (nSPS) is 10.5. The van der Waals surface area contributed by atoms with Gasteiger partial charge in [-0.1, -0.05) is 0 Å². The van der Waals surface area contributed by atoms with Crippen LogP contribution in [0.1, 0.15) is 22.5 Å². The SMILES string of the molecule is COc1cc(C(=O)Cl)c(I)nc1C(F)F. The molecule has 0 radical (unpaired) electrons. The van der Waals surface area contributed by atoms with E-state index in [4.69, 9.17) is 16.3 Å². The van der Waals surface area contributed by atoms with Gasteiger partial charge in [0.2, 0.25) is 0 Å². The maximum atomic E-state index is 12.5. The van der Waals surface area contributed by atoms with Gasteiger partial charge in [-0.2, -0.15) is 0 Å². The van der Waals surface area contributed by atoms with Crippen LogP contribution in [0.4, 0.5) is 8.78 Å². The van der Waals surface area contributed by atoms with Gasteiger partial charge in [0.15, 0.2) is 0 Å². The molecule has 0 fully saturated rings. The molecule has 15 heavy (non-hydrogen) atoms. The summed E-state index contributed by atoms with van der Waals surface area (Å²) in [7, 11) is 1.22. The summed E-state index contributed by atoms with van der Waals surface area (Å²) in [4.78, 5) is 14.5. The predicted molar refractivity (Wildman–Crippen MR) is 58.6 cm³/mol. The minimum absolute atomic E-state index is 0.0542. The molecule has 82 valence electrons. The molecule has 0 aromatic carbocycles. The summed E-state index contributed by atoms with van der Waals surface area (Å²) in [5.74, 6) is -0.144. The lowest BCUT2D eigenvalue weighted by Crippen LogP contribution is -2.04. The molecular weight excluding hydrogens is 342 g/mol. The lowest BCUT2D eigenvalue weighted by atomic mass is 10.2. The van der Waals surface area contributed by atoms with E-state index in [1.165, 1.54) is 7.11 Å². The first-order chi connectivity index (χ1) is 6.97. The summed E-state index contributed by atoms with van der Waals surface area (Å²) < 4.78 is 29.8. The Kier molecular flexibility index (Phi) is 4.21. The molecule has 7 heteroatoms. The van der Waals surface area contributed by atoms with E-state index < -0.39 is 17.4 Å². The first kappa shape index (κ1) is 12.6. The maximum Gasteiger partial charge on any atom is 0.284 e. The Bertz CT molecular complexity index is 400. The Labute approximate surface area is 103 Å². The molecule has 0 bridgehead atoms. The van der Waals surface area contributed by atoms with Crippen LogP contribution in [0.15, 0.2) is 6.07 Å². The fourth-order valence-electron chi connectivity index (χ4n) is 0.943. The third-order valence-corrected chi connectivity index (χ3v) is 2.63. The van der Waals surface area contributed by atoms with Gasteiger partial charge in [-0.05, 0) is 40.3 Å². The van der Waals surface area contributed by atoms with Gasteiger partial charge in [0.25, 0.3) is 11.7 Å². The van der Waals surface area contributed by atoms with Crippen molar-refractivity contribution in [3.63, 3.8) is 0 Å². The Morgan fingerprint density at radius 3 is 2.67 bits per heavy atom. The molecule has 0 aliphatic heterocycles. The van der Waals surface area contributed by atoms with Crippen molar-refractivity contribution in [1.82, 2.24) is 4.98 Å². The number of rotatable bonds is 3. The number of nitrogens with zero attached hydrogens (tertiary/aromatic N) is 1. The number of alkyl halides is 2.